The first-order valence-corrected chi connectivity index (χ1v) is 8.71. The van der Waals surface area contributed by atoms with Gasteiger partial charge in [-0.3, -0.25) is 0 Å². The zero-order valence-corrected chi connectivity index (χ0v) is 14.0. The molecule has 1 aliphatic rings. The molecular formula is C16H26N2O2S. The SMILES string of the molecule is CC(C)(C)OC(=O)N[C@H](CC1CCCCC1)c1nccs1. The van der Waals surface area contributed by atoms with E-state index >= 15 is 0 Å². The highest BCUT2D eigenvalue weighted by molar-refractivity contribution is 7.09. The average Bonchev–Trinajstić information content (AvgIpc) is 2.90. The predicted molar refractivity (Wildman–Crippen MR) is 85.4 cm³/mol. The third-order valence-corrected chi connectivity index (χ3v) is 4.62. The Labute approximate surface area is 131 Å². The molecular weight excluding hydrogens is 284 g/mol. The van der Waals surface area contributed by atoms with Gasteiger partial charge in [-0.1, -0.05) is 32.1 Å². The van der Waals surface area contributed by atoms with E-state index in [1.54, 1.807) is 17.5 Å². The molecule has 0 aliphatic heterocycles. The van der Waals surface area contributed by atoms with E-state index < -0.39 is 5.60 Å². The van der Waals surface area contributed by atoms with Crippen LogP contribution in [0.5, 0.6) is 0 Å². The van der Waals surface area contributed by atoms with Crippen LogP contribution in [0.3, 0.4) is 0 Å². The topological polar surface area (TPSA) is 51.2 Å². The number of thiazole rings is 1. The number of rotatable bonds is 4. The van der Waals surface area contributed by atoms with E-state index in [1.165, 1.54) is 32.1 Å². The van der Waals surface area contributed by atoms with Crippen molar-refractivity contribution in [3.8, 4) is 0 Å². The van der Waals surface area contributed by atoms with Gasteiger partial charge in [0.05, 0.1) is 6.04 Å². The predicted octanol–water partition coefficient (Wildman–Crippen LogP) is 4.68. The molecule has 2 rings (SSSR count). The third kappa shape index (κ3) is 5.65. The fourth-order valence-corrected chi connectivity index (χ4v) is 3.54. The minimum Gasteiger partial charge on any atom is -0.444 e. The lowest BCUT2D eigenvalue weighted by molar-refractivity contribution is 0.0494. The van der Waals surface area contributed by atoms with Crippen molar-refractivity contribution in [1.29, 1.82) is 0 Å². The first kappa shape index (κ1) is 16.3. The van der Waals surface area contributed by atoms with Crippen LogP contribution >= 0.6 is 11.3 Å². The van der Waals surface area contributed by atoms with Crippen LogP contribution in [0.1, 0.15) is 70.3 Å². The second-order valence-electron chi connectivity index (χ2n) is 6.81. The molecule has 21 heavy (non-hydrogen) atoms. The summed E-state index contributed by atoms with van der Waals surface area (Å²) >= 11 is 1.60. The molecule has 118 valence electrons. The maximum absolute atomic E-state index is 12.0. The highest BCUT2D eigenvalue weighted by Gasteiger charge is 2.25. The minimum atomic E-state index is -0.470. The molecule has 0 radical (unpaired) electrons. The Balaban J connectivity index is 1.97. The van der Waals surface area contributed by atoms with Crippen LogP contribution in [-0.4, -0.2) is 16.7 Å². The van der Waals surface area contributed by atoms with E-state index in [0.29, 0.717) is 5.92 Å². The summed E-state index contributed by atoms with van der Waals surface area (Å²) in [6, 6.07) is -0.0250. The zero-order valence-electron chi connectivity index (χ0n) is 13.2. The molecule has 0 spiro atoms. The summed E-state index contributed by atoms with van der Waals surface area (Å²) in [5.74, 6) is 0.683. The molecule has 1 heterocycles. The van der Waals surface area contributed by atoms with Crippen LogP contribution in [0.25, 0.3) is 0 Å². The Morgan fingerprint density at radius 3 is 2.71 bits per heavy atom. The van der Waals surface area contributed by atoms with Gasteiger partial charge < -0.3 is 10.1 Å². The normalized spacial score (nSPS) is 18.2. The molecule has 1 atom stereocenters. The van der Waals surface area contributed by atoms with Crippen molar-refractivity contribution in [3.63, 3.8) is 0 Å². The monoisotopic (exact) mass is 310 g/mol. The van der Waals surface area contributed by atoms with Crippen molar-refractivity contribution in [2.24, 2.45) is 5.92 Å². The van der Waals surface area contributed by atoms with Crippen molar-refractivity contribution in [3.05, 3.63) is 16.6 Å². The van der Waals surface area contributed by atoms with Gasteiger partial charge in [-0.15, -0.1) is 11.3 Å². The van der Waals surface area contributed by atoms with Crippen LogP contribution in [0, 0.1) is 5.92 Å². The average molecular weight is 310 g/mol. The summed E-state index contributed by atoms with van der Waals surface area (Å²) in [7, 11) is 0. The smallest absolute Gasteiger partial charge is 0.408 e. The molecule has 1 saturated carbocycles. The van der Waals surface area contributed by atoms with Crippen molar-refractivity contribution in [2.75, 3.05) is 0 Å². The molecule has 0 unspecified atom stereocenters. The van der Waals surface area contributed by atoms with E-state index in [1.807, 2.05) is 26.2 Å². The summed E-state index contributed by atoms with van der Waals surface area (Å²) in [5.41, 5.74) is -0.470. The van der Waals surface area contributed by atoms with Crippen molar-refractivity contribution in [2.45, 2.75) is 70.9 Å². The van der Waals surface area contributed by atoms with Crippen LogP contribution in [-0.2, 0) is 4.74 Å². The van der Waals surface area contributed by atoms with Gasteiger partial charge >= 0.3 is 6.09 Å². The van der Waals surface area contributed by atoms with E-state index in [4.69, 9.17) is 4.74 Å². The maximum Gasteiger partial charge on any atom is 0.408 e. The molecule has 1 fully saturated rings. The summed E-state index contributed by atoms with van der Waals surface area (Å²) in [6.45, 7) is 5.64. The highest BCUT2D eigenvalue weighted by atomic mass is 32.1. The number of amides is 1. The highest BCUT2D eigenvalue weighted by Crippen LogP contribution is 2.32. The van der Waals surface area contributed by atoms with Gasteiger partial charge in [-0.05, 0) is 33.1 Å². The van der Waals surface area contributed by atoms with E-state index in [-0.39, 0.29) is 12.1 Å². The number of carbonyl (C=O) groups is 1. The molecule has 1 amide bonds. The van der Waals surface area contributed by atoms with E-state index in [2.05, 4.69) is 10.3 Å². The molecule has 5 heteroatoms. The lowest BCUT2D eigenvalue weighted by Gasteiger charge is -2.27. The Morgan fingerprint density at radius 2 is 2.14 bits per heavy atom. The number of alkyl carbamates (subject to hydrolysis) is 1. The fraction of sp³-hybridized carbons (Fsp3) is 0.750. The number of aromatic nitrogens is 1. The third-order valence-electron chi connectivity index (χ3n) is 3.73. The van der Waals surface area contributed by atoms with Crippen LogP contribution in [0.15, 0.2) is 11.6 Å². The molecule has 0 saturated heterocycles. The van der Waals surface area contributed by atoms with Gasteiger partial charge in [0, 0.05) is 11.6 Å². The molecule has 0 bridgehead atoms. The number of hydrogen-bond donors (Lipinski definition) is 1. The maximum atomic E-state index is 12.0. The van der Waals surface area contributed by atoms with E-state index in [0.717, 1.165) is 11.4 Å². The van der Waals surface area contributed by atoms with Gasteiger partial charge in [0.2, 0.25) is 0 Å². The van der Waals surface area contributed by atoms with E-state index in [9.17, 15) is 4.79 Å². The van der Waals surface area contributed by atoms with Gasteiger partial charge in [0.25, 0.3) is 0 Å². The van der Waals surface area contributed by atoms with Crippen LogP contribution < -0.4 is 5.32 Å². The lowest BCUT2D eigenvalue weighted by Crippen LogP contribution is -2.35. The molecule has 0 aromatic carbocycles. The standard InChI is InChI=1S/C16H26N2O2S/c1-16(2,3)20-15(19)18-13(14-17-9-10-21-14)11-12-7-5-4-6-8-12/h9-10,12-13H,4-8,11H2,1-3H3,(H,18,19)/t13-/m1/s1. The Bertz CT molecular complexity index is 434. The fourth-order valence-electron chi connectivity index (χ4n) is 2.83. The Kier molecular flexibility index (Phi) is 5.62. The molecule has 4 nitrogen and oxygen atoms in total. The van der Waals surface area contributed by atoms with Crippen molar-refractivity contribution >= 4 is 17.4 Å². The number of carbonyl (C=O) groups excluding carboxylic acids is 1. The molecule has 1 aromatic heterocycles. The lowest BCUT2D eigenvalue weighted by atomic mass is 9.85. The van der Waals surface area contributed by atoms with Gasteiger partial charge in [-0.2, -0.15) is 0 Å². The summed E-state index contributed by atoms with van der Waals surface area (Å²) in [6.07, 6.45) is 8.90. The van der Waals surface area contributed by atoms with Crippen molar-refractivity contribution in [1.82, 2.24) is 10.3 Å². The Morgan fingerprint density at radius 1 is 1.43 bits per heavy atom. The number of nitrogens with zero attached hydrogens (tertiary/aromatic N) is 1. The molecule has 1 N–H and O–H groups in total. The second-order valence-corrected chi connectivity index (χ2v) is 7.74. The van der Waals surface area contributed by atoms with Crippen LogP contribution in [0.2, 0.25) is 0 Å². The zero-order chi connectivity index (χ0) is 15.3. The van der Waals surface area contributed by atoms with Gasteiger partial charge in [0.1, 0.15) is 10.6 Å². The summed E-state index contributed by atoms with van der Waals surface area (Å²) < 4.78 is 5.38. The first-order valence-electron chi connectivity index (χ1n) is 7.83. The Hall–Kier alpha value is -1.10. The molecule has 1 aliphatic carbocycles. The van der Waals surface area contributed by atoms with Crippen molar-refractivity contribution < 1.29 is 9.53 Å². The van der Waals surface area contributed by atoms with Gasteiger partial charge in [0.15, 0.2) is 0 Å². The summed E-state index contributed by atoms with van der Waals surface area (Å²) in [5, 5.41) is 5.95. The second kappa shape index (κ2) is 7.25. The summed E-state index contributed by atoms with van der Waals surface area (Å²) in [4.78, 5) is 16.4. The number of nitrogens with one attached hydrogen (secondary N) is 1. The van der Waals surface area contributed by atoms with Gasteiger partial charge in [-0.25, -0.2) is 9.78 Å². The van der Waals surface area contributed by atoms with Crippen LogP contribution in [0.4, 0.5) is 4.79 Å². The minimum absolute atomic E-state index is 0.0250. The number of ether oxygens (including phenoxy) is 1. The first-order chi connectivity index (χ1) is 9.94. The quantitative estimate of drug-likeness (QED) is 0.878. The largest absolute Gasteiger partial charge is 0.444 e. The number of hydrogen-bond acceptors (Lipinski definition) is 4. The molecule has 1 aromatic rings.